The second kappa shape index (κ2) is 16.0. The summed E-state index contributed by atoms with van der Waals surface area (Å²) in [7, 11) is 0. The molecule has 0 radical (unpaired) electrons. The Morgan fingerprint density at radius 3 is 2.02 bits per heavy atom. The molecule has 8 N–H and O–H groups in total. The molecule has 0 aromatic heterocycles. The maximum atomic E-state index is 13.8. The number of esters is 1. The van der Waals surface area contributed by atoms with Gasteiger partial charge in [0, 0.05) is 0 Å². The van der Waals surface area contributed by atoms with Crippen LogP contribution in [0.1, 0.15) is 120 Å². The number of fused-ring (bicyclic) bond motifs is 7. The average molecular weight is 897 g/mol. The molecule has 10 aliphatic rings. The lowest BCUT2D eigenvalue weighted by Gasteiger charge is -2.75. The molecule has 0 amide bonds. The Hall–Kier alpha value is -1.09. The van der Waals surface area contributed by atoms with Crippen molar-refractivity contribution in [3.05, 3.63) is 0 Å². The lowest BCUT2D eigenvalue weighted by molar-refractivity contribution is -0.389. The number of aliphatic hydroxyl groups is 8. The lowest BCUT2D eigenvalue weighted by atomic mass is 9.30. The number of carbonyl (C=O) groups is 1. The number of aliphatic hydroxyl groups excluding tert-OH is 8. The second-order valence-corrected chi connectivity index (χ2v) is 23.2. The summed E-state index contributed by atoms with van der Waals surface area (Å²) in [5.41, 5.74) is -1.03. The van der Waals surface area contributed by atoms with Gasteiger partial charge in [0.1, 0.15) is 66.6 Å². The first kappa shape index (κ1) is 47.0. The van der Waals surface area contributed by atoms with E-state index in [1.165, 1.54) is 6.92 Å². The molecule has 2 bridgehead atoms. The van der Waals surface area contributed by atoms with Gasteiger partial charge in [-0.2, -0.15) is 0 Å². The number of rotatable bonds is 7. The summed E-state index contributed by atoms with van der Waals surface area (Å²) in [6, 6.07) is 0. The minimum absolute atomic E-state index is 0.0153. The third kappa shape index (κ3) is 6.75. The molecule has 25 atom stereocenters. The SMILES string of the molecule is C[C@@H]1O[C@@H](O[C@H]2[C@H](O[C@H]3[C@H](O[C@H]4CC[C@@]5(C)[C@H]6CC[C@@H]7[C@H]8[C@@H](C)[C@]9(C)CC[C@@]8(CC[C@@]7(C)[C@]6(C)CC[C@H]5C4(C)C)C(=O)O9)O[C@H](CO)[C@@H](O)[C@@H]3O)OC[C@H](O)[C@@H]2O)[C@H](O)[C@H](O)[C@H]1O. The zero-order valence-corrected chi connectivity index (χ0v) is 38.4. The Bertz CT molecular complexity index is 1720. The van der Waals surface area contributed by atoms with Crippen molar-refractivity contribution in [3.63, 3.8) is 0 Å². The highest BCUT2D eigenvalue weighted by atomic mass is 16.8. The van der Waals surface area contributed by atoms with Gasteiger partial charge in [0.05, 0.1) is 30.8 Å². The van der Waals surface area contributed by atoms with Crippen LogP contribution in [0.15, 0.2) is 0 Å². The maximum absolute atomic E-state index is 13.8. The van der Waals surface area contributed by atoms with Crippen molar-refractivity contribution >= 4 is 5.97 Å². The molecule has 10 fully saturated rings. The molecule has 16 heteroatoms. The number of hydrogen-bond donors (Lipinski definition) is 8. The Balaban J connectivity index is 0.947. The predicted octanol–water partition coefficient (Wildman–Crippen LogP) is 1.90. The molecule has 0 aromatic rings. The van der Waals surface area contributed by atoms with Crippen LogP contribution in [0.25, 0.3) is 0 Å². The monoisotopic (exact) mass is 897 g/mol. The van der Waals surface area contributed by atoms with Crippen LogP contribution in [0.2, 0.25) is 0 Å². The molecule has 5 aliphatic carbocycles. The minimum atomic E-state index is -1.74. The maximum Gasteiger partial charge on any atom is 0.312 e. The summed E-state index contributed by atoms with van der Waals surface area (Å²) in [6.07, 6.45) is -11.5. The molecular weight excluding hydrogens is 821 g/mol. The van der Waals surface area contributed by atoms with E-state index in [1.54, 1.807) is 0 Å². The Morgan fingerprint density at radius 1 is 0.635 bits per heavy atom. The molecule has 16 nitrogen and oxygen atoms in total. The topological polar surface area (TPSA) is 244 Å². The highest BCUT2D eigenvalue weighted by molar-refractivity contribution is 5.80. The third-order valence-corrected chi connectivity index (χ3v) is 20.3. The van der Waals surface area contributed by atoms with Crippen LogP contribution in [0.4, 0.5) is 0 Å². The summed E-state index contributed by atoms with van der Waals surface area (Å²) < 4.78 is 43.0. The molecule has 360 valence electrons. The van der Waals surface area contributed by atoms with Crippen molar-refractivity contribution in [2.75, 3.05) is 13.2 Å². The van der Waals surface area contributed by atoms with Gasteiger partial charge in [-0.3, -0.25) is 4.79 Å². The molecule has 0 aromatic carbocycles. The van der Waals surface area contributed by atoms with Gasteiger partial charge in [-0.25, -0.2) is 0 Å². The van der Waals surface area contributed by atoms with E-state index in [2.05, 4.69) is 48.5 Å². The molecular formula is C47H76O16. The normalized spacial score (nSPS) is 58.8. The fourth-order valence-electron chi connectivity index (χ4n) is 16.2. The van der Waals surface area contributed by atoms with Crippen molar-refractivity contribution in [1.29, 1.82) is 0 Å². The molecule has 5 saturated carbocycles. The van der Waals surface area contributed by atoms with Crippen LogP contribution < -0.4 is 0 Å². The van der Waals surface area contributed by atoms with Gasteiger partial charge in [-0.15, -0.1) is 0 Å². The molecule has 63 heavy (non-hydrogen) atoms. The molecule has 1 spiro atoms. The summed E-state index contributed by atoms with van der Waals surface area (Å²) in [4.78, 5) is 13.8. The Morgan fingerprint density at radius 2 is 1.32 bits per heavy atom. The fraction of sp³-hybridized carbons (Fsp3) is 0.979. The number of carbonyl (C=O) groups excluding carboxylic acids is 1. The largest absolute Gasteiger partial charge is 0.459 e. The molecule has 5 aliphatic heterocycles. The first-order chi connectivity index (χ1) is 29.5. The Labute approximate surface area is 371 Å². The second-order valence-electron chi connectivity index (χ2n) is 23.2. The van der Waals surface area contributed by atoms with Gasteiger partial charge in [-0.1, -0.05) is 41.5 Å². The van der Waals surface area contributed by atoms with Crippen molar-refractivity contribution in [2.45, 2.75) is 217 Å². The van der Waals surface area contributed by atoms with E-state index < -0.39 is 116 Å². The quantitative estimate of drug-likeness (QED) is 0.134. The standard InChI is InChI=1S/C47H76O16/c1-21-29-23-9-10-27-43(5)13-12-28(42(3,4)26(43)11-14-45(27,7)44(23,6)15-17-47(29)18-16-46(21,8)63-41(47)56)60-40-37(34(54)32(52)25(19-48)59-40)62-39-36(31(51)24(49)20-57-39)61-38-35(55)33(53)30(50)22(2)58-38/h21-40,48-55H,9-20H2,1-8H3/t21-,22+,23-,24+,25-,26+,27-,28+,29-,30+,31+,32-,33-,34+,35-,36-,37-,38+,39+,40+,43-,44-,45-,46+,47-/m1/s1. The van der Waals surface area contributed by atoms with E-state index in [1.807, 2.05) is 0 Å². The van der Waals surface area contributed by atoms with Crippen LogP contribution in [-0.2, 0) is 38.0 Å². The summed E-state index contributed by atoms with van der Waals surface area (Å²) >= 11 is 0. The number of hydrogen-bond acceptors (Lipinski definition) is 16. The summed E-state index contributed by atoms with van der Waals surface area (Å²) in [5.74, 6) is 1.87. The van der Waals surface area contributed by atoms with Gasteiger partial charge >= 0.3 is 5.97 Å². The average Bonchev–Trinajstić information content (AvgIpc) is 3.23. The van der Waals surface area contributed by atoms with Crippen LogP contribution in [-0.4, -0.2) is 158 Å². The van der Waals surface area contributed by atoms with E-state index in [9.17, 15) is 45.6 Å². The van der Waals surface area contributed by atoms with Crippen LogP contribution in [0.5, 0.6) is 0 Å². The first-order valence-corrected chi connectivity index (χ1v) is 24.0. The predicted molar refractivity (Wildman–Crippen MR) is 221 cm³/mol. The smallest absolute Gasteiger partial charge is 0.312 e. The van der Waals surface area contributed by atoms with Crippen molar-refractivity contribution in [2.24, 2.45) is 56.7 Å². The van der Waals surface area contributed by atoms with Gasteiger partial charge in [0.25, 0.3) is 0 Å². The van der Waals surface area contributed by atoms with Crippen molar-refractivity contribution in [3.8, 4) is 0 Å². The fourth-order valence-corrected chi connectivity index (χ4v) is 16.2. The van der Waals surface area contributed by atoms with Crippen LogP contribution in [0.3, 0.4) is 0 Å². The highest BCUT2D eigenvalue weighted by Crippen LogP contribution is 2.78. The van der Waals surface area contributed by atoms with E-state index in [4.69, 9.17) is 33.2 Å². The van der Waals surface area contributed by atoms with E-state index in [0.29, 0.717) is 30.1 Å². The van der Waals surface area contributed by atoms with Crippen molar-refractivity contribution < 1.29 is 78.8 Å². The summed E-state index contributed by atoms with van der Waals surface area (Å²) in [5, 5.41) is 86.1. The van der Waals surface area contributed by atoms with Gasteiger partial charge in [0.2, 0.25) is 0 Å². The van der Waals surface area contributed by atoms with Crippen LogP contribution >= 0.6 is 0 Å². The zero-order chi connectivity index (χ0) is 45.6. The molecule has 0 unspecified atom stereocenters. The third-order valence-electron chi connectivity index (χ3n) is 20.3. The first-order valence-electron chi connectivity index (χ1n) is 24.0. The summed E-state index contributed by atoms with van der Waals surface area (Å²) in [6.45, 7) is 17.1. The molecule has 10 rings (SSSR count). The van der Waals surface area contributed by atoms with E-state index in [0.717, 1.165) is 57.8 Å². The van der Waals surface area contributed by atoms with Gasteiger partial charge in [0.15, 0.2) is 18.9 Å². The van der Waals surface area contributed by atoms with Gasteiger partial charge in [-0.05, 0) is 129 Å². The Kier molecular flexibility index (Phi) is 11.9. The zero-order valence-electron chi connectivity index (χ0n) is 38.4. The van der Waals surface area contributed by atoms with E-state index >= 15 is 0 Å². The highest BCUT2D eigenvalue weighted by Gasteiger charge is 2.75. The minimum Gasteiger partial charge on any atom is -0.459 e. The van der Waals surface area contributed by atoms with E-state index in [-0.39, 0.29) is 33.5 Å². The molecule has 5 saturated heterocycles. The van der Waals surface area contributed by atoms with Gasteiger partial charge < -0.3 is 74.0 Å². The molecule has 5 heterocycles. The van der Waals surface area contributed by atoms with Crippen molar-refractivity contribution in [1.82, 2.24) is 0 Å². The number of ether oxygens (including phenoxy) is 7. The lowest BCUT2D eigenvalue weighted by Crippen LogP contribution is -2.72. The van der Waals surface area contributed by atoms with Crippen LogP contribution in [0, 0.1) is 56.7 Å².